The van der Waals surface area contributed by atoms with Crippen molar-refractivity contribution in [2.45, 2.75) is 6.54 Å². The van der Waals surface area contributed by atoms with Crippen LogP contribution in [0.3, 0.4) is 0 Å². The molecule has 0 saturated heterocycles. The number of rotatable bonds is 3. The van der Waals surface area contributed by atoms with Crippen molar-refractivity contribution in [1.82, 2.24) is 29.4 Å². The number of aromatic nitrogens is 6. The number of fused-ring (bicyclic) bond motifs is 1. The van der Waals surface area contributed by atoms with Gasteiger partial charge in [0.05, 0.1) is 12.2 Å². The first-order valence-electron chi connectivity index (χ1n) is 5.20. The molecule has 0 radical (unpaired) electrons. The molecule has 0 aromatic carbocycles. The van der Waals surface area contributed by atoms with Gasteiger partial charge in [0.1, 0.15) is 6.33 Å². The van der Waals surface area contributed by atoms with Gasteiger partial charge in [-0.3, -0.25) is 9.08 Å². The molecule has 0 bridgehead atoms. The van der Waals surface area contributed by atoms with Crippen molar-refractivity contribution in [3.8, 4) is 0 Å². The molecule has 3 aromatic rings. The minimum absolute atomic E-state index is 0.611. The Kier molecular flexibility index (Phi) is 2.21. The third-order valence-corrected chi connectivity index (χ3v) is 2.42. The van der Waals surface area contributed by atoms with Gasteiger partial charge < -0.3 is 5.32 Å². The van der Waals surface area contributed by atoms with Crippen LogP contribution >= 0.6 is 0 Å². The van der Waals surface area contributed by atoms with Crippen LogP contribution < -0.4 is 5.32 Å². The molecule has 86 valence electrons. The second-order valence-electron chi connectivity index (χ2n) is 3.67. The van der Waals surface area contributed by atoms with Gasteiger partial charge in [0.2, 0.25) is 5.65 Å². The summed E-state index contributed by atoms with van der Waals surface area (Å²) in [5.74, 6) is 0.704. The van der Waals surface area contributed by atoms with Crippen LogP contribution in [0, 0.1) is 0 Å². The fraction of sp³-hybridized carbons (Fsp3) is 0.200. The molecule has 0 aliphatic rings. The van der Waals surface area contributed by atoms with E-state index in [2.05, 4.69) is 25.6 Å². The molecule has 1 N–H and O–H groups in total. The van der Waals surface area contributed by atoms with Crippen LogP contribution in [0.25, 0.3) is 5.65 Å². The lowest BCUT2D eigenvalue weighted by molar-refractivity contribution is 0.747. The molecule has 0 aliphatic carbocycles. The van der Waals surface area contributed by atoms with Gasteiger partial charge >= 0.3 is 0 Å². The highest BCUT2D eigenvalue weighted by Crippen LogP contribution is 2.10. The fourth-order valence-corrected chi connectivity index (χ4v) is 1.62. The van der Waals surface area contributed by atoms with E-state index in [1.807, 2.05) is 23.7 Å². The van der Waals surface area contributed by atoms with Crippen molar-refractivity contribution in [1.29, 1.82) is 0 Å². The molecule has 0 fully saturated rings. The highest BCUT2D eigenvalue weighted by atomic mass is 15.3. The van der Waals surface area contributed by atoms with Gasteiger partial charge in [0.25, 0.3) is 0 Å². The van der Waals surface area contributed by atoms with Crippen LogP contribution in [0.15, 0.2) is 31.0 Å². The highest BCUT2D eigenvalue weighted by molar-refractivity contribution is 5.61. The molecular weight excluding hydrogens is 218 g/mol. The van der Waals surface area contributed by atoms with Crippen molar-refractivity contribution in [2.75, 3.05) is 5.32 Å². The number of anilines is 1. The Balaban J connectivity index is 1.83. The molecule has 7 heteroatoms. The number of aryl methyl sites for hydroxylation is 1. The summed E-state index contributed by atoms with van der Waals surface area (Å²) in [6.45, 7) is 0.611. The molecule has 17 heavy (non-hydrogen) atoms. The van der Waals surface area contributed by atoms with E-state index in [1.54, 1.807) is 23.4 Å². The van der Waals surface area contributed by atoms with E-state index in [4.69, 9.17) is 0 Å². The molecule has 3 rings (SSSR count). The molecule has 7 nitrogen and oxygen atoms in total. The normalized spacial score (nSPS) is 10.9. The molecule has 0 atom stereocenters. The zero-order valence-electron chi connectivity index (χ0n) is 9.28. The third kappa shape index (κ3) is 1.82. The number of hydrogen-bond acceptors (Lipinski definition) is 5. The second kappa shape index (κ2) is 3.85. The first-order chi connectivity index (χ1) is 8.33. The Morgan fingerprint density at radius 3 is 3.12 bits per heavy atom. The lowest BCUT2D eigenvalue weighted by Crippen LogP contribution is -2.04. The molecule has 0 spiro atoms. The van der Waals surface area contributed by atoms with Crippen LogP contribution in [-0.2, 0) is 13.6 Å². The second-order valence-corrected chi connectivity index (χ2v) is 3.67. The van der Waals surface area contributed by atoms with Crippen molar-refractivity contribution in [2.24, 2.45) is 7.05 Å². The molecule has 0 saturated carbocycles. The van der Waals surface area contributed by atoms with Crippen LogP contribution in [0.4, 0.5) is 5.82 Å². The van der Waals surface area contributed by atoms with Crippen molar-refractivity contribution in [3.63, 3.8) is 0 Å². The summed E-state index contributed by atoms with van der Waals surface area (Å²) in [5, 5.41) is 15.3. The van der Waals surface area contributed by atoms with E-state index in [1.165, 1.54) is 0 Å². The van der Waals surface area contributed by atoms with Crippen molar-refractivity contribution < 1.29 is 0 Å². The Morgan fingerprint density at radius 2 is 2.29 bits per heavy atom. The lowest BCUT2D eigenvalue weighted by Gasteiger charge is -2.03. The highest BCUT2D eigenvalue weighted by Gasteiger charge is 2.04. The van der Waals surface area contributed by atoms with Crippen molar-refractivity contribution >= 4 is 11.5 Å². The Hall–Kier alpha value is -2.44. The van der Waals surface area contributed by atoms with E-state index < -0.39 is 0 Å². The maximum Gasteiger partial charge on any atom is 0.203 e. The van der Waals surface area contributed by atoms with Crippen molar-refractivity contribution in [3.05, 3.63) is 36.7 Å². The van der Waals surface area contributed by atoms with Gasteiger partial charge in [0, 0.05) is 25.6 Å². The fourth-order valence-electron chi connectivity index (χ4n) is 1.62. The van der Waals surface area contributed by atoms with Gasteiger partial charge in [-0.1, -0.05) is 0 Å². The summed E-state index contributed by atoms with van der Waals surface area (Å²) < 4.78 is 3.58. The summed E-state index contributed by atoms with van der Waals surface area (Å²) in [6.07, 6.45) is 7.06. The Morgan fingerprint density at radius 1 is 1.35 bits per heavy atom. The smallest absolute Gasteiger partial charge is 0.203 e. The predicted molar refractivity (Wildman–Crippen MR) is 61.3 cm³/mol. The van der Waals surface area contributed by atoms with Crippen LogP contribution in [0.1, 0.15) is 5.69 Å². The van der Waals surface area contributed by atoms with E-state index in [0.717, 1.165) is 5.69 Å². The third-order valence-electron chi connectivity index (χ3n) is 2.42. The molecule has 3 heterocycles. The van der Waals surface area contributed by atoms with Gasteiger partial charge in [-0.25, -0.2) is 4.98 Å². The van der Waals surface area contributed by atoms with Crippen LogP contribution in [-0.4, -0.2) is 29.4 Å². The Labute approximate surface area is 97.1 Å². The molecule has 0 unspecified atom stereocenters. The summed E-state index contributed by atoms with van der Waals surface area (Å²) >= 11 is 0. The monoisotopic (exact) mass is 229 g/mol. The largest absolute Gasteiger partial charge is 0.361 e. The van der Waals surface area contributed by atoms with E-state index >= 15 is 0 Å². The Bertz CT molecular complexity index is 639. The molecule has 0 amide bonds. The quantitative estimate of drug-likeness (QED) is 0.706. The van der Waals surface area contributed by atoms with Crippen LogP contribution in [0.5, 0.6) is 0 Å². The van der Waals surface area contributed by atoms with Gasteiger partial charge in [-0.2, -0.15) is 5.10 Å². The summed E-state index contributed by atoms with van der Waals surface area (Å²) in [6, 6.07) is 1.96. The standard InChI is InChI=1S/C10H11N7/c1-16-4-2-8(15-16)6-12-9-10-14-13-7-17(10)5-3-11-9/h2-5,7H,6H2,1H3,(H,11,12). The summed E-state index contributed by atoms with van der Waals surface area (Å²) in [4.78, 5) is 4.23. The first kappa shape index (κ1) is 9.76. The van der Waals surface area contributed by atoms with E-state index in [9.17, 15) is 0 Å². The van der Waals surface area contributed by atoms with E-state index in [0.29, 0.717) is 18.0 Å². The molecule has 0 aliphatic heterocycles. The van der Waals surface area contributed by atoms with Gasteiger partial charge in [-0.15, -0.1) is 10.2 Å². The average molecular weight is 229 g/mol. The molecular formula is C10H11N7. The van der Waals surface area contributed by atoms with Gasteiger partial charge in [0.15, 0.2) is 5.82 Å². The number of nitrogens with one attached hydrogen (secondary N) is 1. The minimum Gasteiger partial charge on any atom is -0.361 e. The maximum absolute atomic E-state index is 4.28. The minimum atomic E-state index is 0.611. The number of nitrogens with zero attached hydrogens (tertiary/aromatic N) is 6. The zero-order valence-corrected chi connectivity index (χ0v) is 9.28. The first-order valence-corrected chi connectivity index (χ1v) is 5.20. The maximum atomic E-state index is 4.28. The topological polar surface area (TPSA) is 72.9 Å². The van der Waals surface area contributed by atoms with Crippen LogP contribution in [0.2, 0.25) is 0 Å². The SMILES string of the molecule is Cn1ccc(CNc2nccn3cnnc23)n1. The zero-order chi connectivity index (χ0) is 11.7. The van der Waals surface area contributed by atoms with E-state index in [-0.39, 0.29) is 0 Å². The molecule has 3 aromatic heterocycles. The predicted octanol–water partition coefficient (Wildman–Crippen LogP) is 0.470. The summed E-state index contributed by atoms with van der Waals surface area (Å²) in [7, 11) is 1.89. The average Bonchev–Trinajstić information content (AvgIpc) is 2.94. The summed E-state index contributed by atoms with van der Waals surface area (Å²) in [5.41, 5.74) is 1.67. The lowest BCUT2D eigenvalue weighted by atomic mass is 10.4. The van der Waals surface area contributed by atoms with Gasteiger partial charge in [-0.05, 0) is 6.07 Å². The number of hydrogen-bond donors (Lipinski definition) is 1.